The molecule has 2 rings (SSSR count). The van der Waals surface area contributed by atoms with E-state index in [0.717, 1.165) is 10.6 Å². The number of ether oxygens (including phenoxy) is 1. The third-order valence-electron chi connectivity index (χ3n) is 1.87. The summed E-state index contributed by atoms with van der Waals surface area (Å²) in [5, 5.41) is 1.39. The first kappa shape index (κ1) is 12.5. The van der Waals surface area contributed by atoms with Crippen LogP contribution in [-0.2, 0) is 4.79 Å². The van der Waals surface area contributed by atoms with E-state index in [1.165, 1.54) is 18.3 Å². The normalized spacial score (nSPS) is 10.3. The van der Waals surface area contributed by atoms with Crippen LogP contribution in [0.4, 0.5) is 0 Å². The van der Waals surface area contributed by atoms with Gasteiger partial charge in [-0.2, -0.15) is 0 Å². The molecule has 0 aliphatic carbocycles. The van der Waals surface area contributed by atoms with Crippen molar-refractivity contribution in [3.05, 3.63) is 33.1 Å². The predicted molar refractivity (Wildman–Crippen MR) is 71.6 cm³/mol. The number of thiazole rings is 1. The van der Waals surface area contributed by atoms with E-state index in [1.807, 2.05) is 18.2 Å². The van der Waals surface area contributed by atoms with Crippen LogP contribution in [0.15, 0.2) is 28.1 Å². The number of rotatable bonds is 2. The van der Waals surface area contributed by atoms with Crippen LogP contribution >= 0.6 is 38.9 Å². The average molecular weight is 333 g/mol. The van der Waals surface area contributed by atoms with Crippen molar-refractivity contribution in [1.29, 1.82) is 0 Å². The van der Waals surface area contributed by atoms with Crippen LogP contribution in [0.1, 0.15) is 6.92 Å². The minimum Gasteiger partial charge on any atom is -0.405 e. The number of halogens is 2. The van der Waals surface area contributed by atoms with E-state index in [2.05, 4.69) is 20.9 Å². The SMILES string of the molecule is CC(=O)Oc1nc(-c2cccc(Cl)c2)sc1Br. The van der Waals surface area contributed by atoms with Crippen LogP contribution in [-0.4, -0.2) is 11.0 Å². The molecule has 17 heavy (non-hydrogen) atoms. The highest BCUT2D eigenvalue weighted by molar-refractivity contribution is 9.11. The second-order valence-corrected chi connectivity index (χ2v) is 5.96. The summed E-state index contributed by atoms with van der Waals surface area (Å²) in [5.74, 6) is -0.105. The average Bonchev–Trinajstić information content (AvgIpc) is 2.59. The summed E-state index contributed by atoms with van der Waals surface area (Å²) in [4.78, 5) is 15.1. The van der Waals surface area contributed by atoms with Crippen molar-refractivity contribution in [3.8, 4) is 16.5 Å². The van der Waals surface area contributed by atoms with Gasteiger partial charge in [0.25, 0.3) is 0 Å². The fourth-order valence-electron chi connectivity index (χ4n) is 1.23. The van der Waals surface area contributed by atoms with Gasteiger partial charge in [0, 0.05) is 17.5 Å². The van der Waals surface area contributed by atoms with E-state index >= 15 is 0 Å². The molecule has 0 N–H and O–H groups in total. The third-order valence-corrected chi connectivity index (χ3v) is 3.80. The van der Waals surface area contributed by atoms with Crippen molar-refractivity contribution in [2.45, 2.75) is 6.92 Å². The molecule has 0 bridgehead atoms. The van der Waals surface area contributed by atoms with E-state index in [4.69, 9.17) is 16.3 Å². The van der Waals surface area contributed by atoms with Crippen LogP contribution in [0.2, 0.25) is 5.02 Å². The van der Waals surface area contributed by atoms with Crippen molar-refractivity contribution in [3.63, 3.8) is 0 Å². The minimum atomic E-state index is -0.395. The molecule has 88 valence electrons. The summed E-state index contributed by atoms with van der Waals surface area (Å²) in [6.45, 7) is 1.34. The van der Waals surface area contributed by atoms with E-state index in [-0.39, 0.29) is 5.88 Å². The lowest BCUT2D eigenvalue weighted by molar-refractivity contribution is -0.132. The quantitative estimate of drug-likeness (QED) is 0.776. The molecule has 0 unspecified atom stereocenters. The fourth-order valence-corrected chi connectivity index (χ4v) is 2.77. The standard InChI is InChI=1S/C11H7BrClNO2S/c1-6(15)16-10-9(12)17-11(14-10)7-3-2-4-8(13)5-7/h2-5H,1H3. The van der Waals surface area contributed by atoms with Crippen molar-refractivity contribution in [2.75, 3.05) is 0 Å². The summed E-state index contributed by atoms with van der Waals surface area (Å²) in [6, 6.07) is 7.35. The monoisotopic (exact) mass is 331 g/mol. The highest BCUT2D eigenvalue weighted by Crippen LogP contribution is 2.37. The molecule has 1 aromatic heterocycles. The Morgan fingerprint density at radius 3 is 2.94 bits per heavy atom. The van der Waals surface area contributed by atoms with E-state index in [1.54, 1.807) is 6.07 Å². The first-order valence-corrected chi connectivity index (χ1v) is 6.65. The van der Waals surface area contributed by atoms with Crippen LogP contribution in [0, 0.1) is 0 Å². The lowest BCUT2D eigenvalue weighted by Crippen LogP contribution is -2.01. The van der Waals surface area contributed by atoms with Crippen LogP contribution < -0.4 is 4.74 Å². The van der Waals surface area contributed by atoms with Gasteiger partial charge in [0.1, 0.15) is 8.79 Å². The molecule has 0 aliphatic heterocycles. The van der Waals surface area contributed by atoms with Gasteiger partial charge in [0.15, 0.2) is 0 Å². The Labute approximate surface area is 116 Å². The summed E-state index contributed by atoms with van der Waals surface area (Å²) in [7, 11) is 0. The zero-order valence-corrected chi connectivity index (χ0v) is 11.9. The van der Waals surface area contributed by atoms with E-state index in [9.17, 15) is 4.79 Å². The first-order valence-electron chi connectivity index (χ1n) is 4.67. The Morgan fingerprint density at radius 2 is 2.29 bits per heavy atom. The molecule has 0 fully saturated rings. The topological polar surface area (TPSA) is 39.2 Å². The van der Waals surface area contributed by atoms with Gasteiger partial charge in [0.05, 0.1) is 0 Å². The Balaban J connectivity index is 2.37. The molecule has 0 spiro atoms. The van der Waals surface area contributed by atoms with Gasteiger partial charge < -0.3 is 4.74 Å². The minimum absolute atomic E-state index is 0.289. The Kier molecular flexibility index (Phi) is 3.81. The lowest BCUT2D eigenvalue weighted by atomic mass is 10.2. The molecule has 2 aromatic rings. The fraction of sp³-hybridized carbons (Fsp3) is 0.0909. The highest BCUT2D eigenvalue weighted by atomic mass is 79.9. The molecule has 1 aromatic carbocycles. The van der Waals surface area contributed by atoms with Crippen LogP contribution in [0.5, 0.6) is 5.88 Å². The molecule has 6 heteroatoms. The van der Waals surface area contributed by atoms with Gasteiger partial charge in [-0.15, -0.1) is 11.3 Å². The molecular formula is C11H7BrClNO2S. The first-order chi connectivity index (χ1) is 8.06. The van der Waals surface area contributed by atoms with Gasteiger partial charge in [-0.1, -0.05) is 23.7 Å². The van der Waals surface area contributed by atoms with Crippen molar-refractivity contribution in [1.82, 2.24) is 4.98 Å². The van der Waals surface area contributed by atoms with Crippen LogP contribution in [0.3, 0.4) is 0 Å². The van der Waals surface area contributed by atoms with Crippen molar-refractivity contribution in [2.24, 2.45) is 0 Å². The number of benzene rings is 1. The van der Waals surface area contributed by atoms with Gasteiger partial charge in [0.2, 0.25) is 5.88 Å². The van der Waals surface area contributed by atoms with Crippen LogP contribution in [0.25, 0.3) is 10.6 Å². The summed E-state index contributed by atoms with van der Waals surface area (Å²) in [5.41, 5.74) is 0.890. The van der Waals surface area contributed by atoms with Gasteiger partial charge in [-0.05, 0) is 28.1 Å². The molecule has 0 saturated carbocycles. The zero-order valence-electron chi connectivity index (χ0n) is 8.74. The number of hydrogen-bond donors (Lipinski definition) is 0. The second-order valence-electron chi connectivity index (χ2n) is 3.20. The number of carbonyl (C=O) groups excluding carboxylic acids is 1. The molecular weight excluding hydrogens is 326 g/mol. The predicted octanol–water partition coefficient (Wildman–Crippen LogP) is 4.15. The maximum absolute atomic E-state index is 10.9. The van der Waals surface area contributed by atoms with Gasteiger partial charge in [-0.3, -0.25) is 4.79 Å². The lowest BCUT2D eigenvalue weighted by Gasteiger charge is -1.96. The van der Waals surface area contributed by atoms with E-state index < -0.39 is 5.97 Å². The third kappa shape index (κ3) is 3.06. The summed E-state index contributed by atoms with van der Waals surface area (Å²) < 4.78 is 5.64. The van der Waals surface area contributed by atoms with Crippen molar-refractivity contribution >= 4 is 44.8 Å². The molecule has 0 radical (unpaired) electrons. The van der Waals surface area contributed by atoms with Gasteiger partial charge in [-0.25, -0.2) is 4.98 Å². The molecule has 3 nitrogen and oxygen atoms in total. The zero-order chi connectivity index (χ0) is 12.4. The number of nitrogens with zero attached hydrogens (tertiary/aromatic N) is 1. The Bertz CT molecular complexity index is 570. The maximum Gasteiger partial charge on any atom is 0.309 e. The number of carbonyl (C=O) groups is 1. The molecule has 0 amide bonds. The molecule has 0 saturated heterocycles. The smallest absolute Gasteiger partial charge is 0.309 e. The summed E-state index contributed by atoms with van der Waals surface area (Å²) in [6.07, 6.45) is 0. The number of hydrogen-bond acceptors (Lipinski definition) is 4. The Morgan fingerprint density at radius 1 is 1.53 bits per heavy atom. The molecule has 1 heterocycles. The number of esters is 1. The highest BCUT2D eigenvalue weighted by Gasteiger charge is 2.13. The van der Waals surface area contributed by atoms with Gasteiger partial charge >= 0.3 is 5.97 Å². The summed E-state index contributed by atoms with van der Waals surface area (Å²) >= 11 is 10.6. The molecule has 0 aliphatic rings. The Hall–Kier alpha value is -0.910. The van der Waals surface area contributed by atoms with E-state index in [0.29, 0.717) is 8.81 Å². The second kappa shape index (κ2) is 5.16. The maximum atomic E-state index is 10.9. The number of aromatic nitrogens is 1. The van der Waals surface area contributed by atoms with Crippen molar-refractivity contribution < 1.29 is 9.53 Å². The largest absolute Gasteiger partial charge is 0.405 e. The molecule has 0 atom stereocenters.